The average Bonchev–Trinajstić information content (AvgIpc) is 2.70. The fraction of sp³-hybridized carbons (Fsp3) is 0.565. The van der Waals surface area contributed by atoms with E-state index in [2.05, 4.69) is 30.9 Å². The first-order valence-electron chi connectivity index (χ1n) is 10.6. The highest BCUT2D eigenvalue weighted by Crippen LogP contribution is 2.26. The first kappa shape index (κ1) is 19.7. The Balaban J connectivity index is 1.82. The lowest BCUT2D eigenvalue weighted by molar-refractivity contribution is -0.271. The van der Waals surface area contributed by atoms with Crippen LogP contribution in [0.3, 0.4) is 0 Å². The monoisotopic (exact) mass is 368 g/mol. The largest absolute Gasteiger partial charge is 0.867 e. The van der Waals surface area contributed by atoms with Crippen LogP contribution in [0.5, 0.6) is 5.75 Å². The Morgan fingerprint density at radius 3 is 2.07 bits per heavy atom. The highest BCUT2D eigenvalue weighted by molar-refractivity contribution is 5.74. The number of hydrogen-bond acceptors (Lipinski definition) is 3. The molecule has 3 rings (SSSR count). The molecule has 1 aliphatic heterocycles. The fourth-order valence-corrected chi connectivity index (χ4v) is 3.95. The van der Waals surface area contributed by atoms with Gasteiger partial charge in [0, 0.05) is 37.2 Å². The quantitative estimate of drug-likeness (QED) is 0.673. The first-order chi connectivity index (χ1) is 13.2. The summed E-state index contributed by atoms with van der Waals surface area (Å²) in [6.45, 7) is 8.20. The first-order valence-corrected chi connectivity index (χ1v) is 10.6. The molecular formula is C23H32N2O2. The molecule has 1 saturated heterocycles. The lowest BCUT2D eigenvalue weighted by Gasteiger charge is -2.25. The highest BCUT2D eigenvalue weighted by atomic mass is 16.3. The van der Waals surface area contributed by atoms with Crippen LogP contribution in [0.25, 0.3) is 11.1 Å². The van der Waals surface area contributed by atoms with Gasteiger partial charge in [-0.05, 0) is 42.7 Å². The number of nitrogens with zero attached hydrogens (tertiary/aromatic N) is 2. The van der Waals surface area contributed by atoms with Gasteiger partial charge in [-0.15, -0.1) is 0 Å². The van der Waals surface area contributed by atoms with Gasteiger partial charge in [0.2, 0.25) is 5.36 Å². The molecule has 0 bridgehead atoms. The van der Waals surface area contributed by atoms with E-state index in [4.69, 9.17) is 0 Å². The molecular weight excluding hydrogens is 336 g/mol. The van der Waals surface area contributed by atoms with Crippen LogP contribution in [-0.2, 0) is 0 Å². The summed E-state index contributed by atoms with van der Waals surface area (Å²) in [5, 5.41) is 13.0. The molecule has 0 amide bonds. The maximum absolute atomic E-state index is 12.6. The molecule has 0 saturated carbocycles. The SMILES string of the molecule is CCCCN(CCCC)c1ccc(-c2c([O-])c(=[N+]3CCCCC3)c2=O)cc1. The molecule has 146 valence electrons. The molecule has 0 aliphatic carbocycles. The van der Waals surface area contributed by atoms with Crippen molar-refractivity contribution in [3.63, 3.8) is 0 Å². The second-order valence-corrected chi connectivity index (χ2v) is 7.67. The summed E-state index contributed by atoms with van der Waals surface area (Å²) in [5.74, 6) is -0.0662. The van der Waals surface area contributed by atoms with E-state index in [9.17, 15) is 9.90 Å². The minimum atomic E-state index is -0.0662. The lowest BCUT2D eigenvalue weighted by atomic mass is 9.98. The Morgan fingerprint density at radius 2 is 1.56 bits per heavy atom. The molecule has 4 heteroatoms. The van der Waals surface area contributed by atoms with E-state index in [1.165, 1.54) is 37.8 Å². The van der Waals surface area contributed by atoms with Crippen molar-refractivity contribution in [3.05, 3.63) is 39.8 Å². The van der Waals surface area contributed by atoms with Gasteiger partial charge in [0.25, 0.3) is 5.43 Å². The Bertz CT molecular complexity index is 813. The molecule has 2 aromatic carbocycles. The van der Waals surface area contributed by atoms with Crippen LogP contribution < -0.4 is 25.4 Å². The van der Waals surface area contributed by atoms with Crippen LogP contribution in [0.15, 0.2) is 29.1 Å². The van der Waals surface area contributed by atoms with Gasteiger partial charge < -0.3 is 10.0 Å². The molecule has 0 atom stereocenters. The van der Waals surface area contributed by atoms with E-state index in [1.807, 2.05) is 16.7 Å². The van der Waals surface area contributed by atoms with Crippen LogP contribution in [0, 0.1) is 0 Å². The maximum Gasteiger partial charge on any atom is 0.255 e. The zero-order valence-corrected chi connectivity index (χ0v) is 16.8. The lowest BCUT2D eigenvalue weighted by Crippen LogP contribution is -2.49. The van der Waals surface area contributed by atoms with Gasteiger partial charge in [0.15, 0.2) is 0 Å². The highest BCUT2D eigenvalue weighted by Gasteiger charge is 2.22. The molecule has 4 nitrogen and oxygen atoms in total. The van der Waals surface area contributed by atoms with Crippen molar-refractivity contribution in [2.75, 3.05) is 31.1 Å². The topological polar surface area (TPSA) is 46.4 Å². The zero-order chi connectivity index (χ0) is 19.2. The fourth-order valence-electron chi connectivity index (χ4n) is 3.95. The summed E-state index contributed by atoms with van der Waals surface area (Å²) < 4.78 is 1.99. The molecule has 1 heterocycles. The molecule has 1 aliphatic rings. The Kier molecular flexibility index (Phi) is 6.70. The molecule has 0 radical (unpaired) electrons. The molecule has 27 heavy (non-hydrogen) atoms. The third-order valence-electron chi connectivity index (χ3n) is 5.64. The van der Waals surface area contributed by atoms with Crippen LogP contribution in [0.2, 0.25) is 0 Å². The second-order valence-electron chi connectivity index (χ2n) is 7.67. The van der Waals surface area contributed by atoms with Gasteiger partial charge in [0.05, 0.1) is 0 Å². The van der Waals surface area contributed by atoms with E-state index in [1.54, 1.807) is 0 Å². The third-order valence-corrected chi connectivity index (χ3v) is 5.64. The second kappa shape index (κ2) is 9.20. The summed E-state index contributed by atoms with van der Waals surface area (Å²) in [7, 11) is 0. The molecule has 0 aromatic heterocycles. The van der Waals surface area contributed by atoms with Crippen LogP contribution in [-0.4, -0.2) is 26.2 Å². The Hall–Kier alpha value is -2.10. The van der Waals surface area contributed by atoms with Crippen molar-refractivity contribution in [2.24, 2.45) is 0 Å². The summed E-state index contributed by atoms with van der Waals surface area (Å²) in [6.07, 6.45) is 8.03. The number of rotatable bonds is 8. The summed E-state index contributed by atoms with van der Waals surface area (Å²) >= 11 is 0. The molecule has 0 spiro atoms. The summed E-state index contributed by atoms with van der Waals surface area (Å²) in [4.78, 5) is 15.0. The number of anilines is 1. The van der Waals surface area contributed by atoms with Crippen molar-refractivity contribution < 1.29 is 5.11 Å². The average molecular weight is 369 g/mol. The number of unbranched alkanes of at least 4 members (excludes halogenated alkanes) is 2. The van der Waals surface area contributed by atoms with Gasteiger partial charge in [-0.3, -0.25) is 4.79 Å². The van der Waals surface area contributed by atoms with Crippen molar-refractivity contribution in [3.8, 4) is 16.9 Å². The number of piperidine rings is 1. The minimum absolute atomic E-state index is 0.0662. The zero-order valence-electron chi connectivity index (χ0n) is 16.8. The van der Waals surface area contributed by atoms with E-state index >= 15 is 0 Å². The van der Waals surface area contributed by atoms with Crippen molar-refractivity contribution in [2.45, 2.75) is 58.8 Å². The minimum Gasteiger partial charge on any atom is -0.867 e. The smallest absolute Gasteiger partial charge is 0.255 e. The van der Waals surface area contributed by atoms with Crippen LogP contribution in [0.1, 0.15) is 58.8 Å². The van der Waals surface area contributed by atoms with E-state index in [0.717, 1.165) is 44.6 Å². The maximum atomic E-state index is 12.6. The molecule has 0 unspecified atom stereocenters. The molecule has 0 N–H and O–H groups in total. The van der Waals surface area contributed by atoms with Crippen LogP contribution >= 0.6 is 0 Å². The van der Waals surface area contributed by atoms with Gasteiger partial charge in [-0.2, -0.15) is 0 Å². The molecule has 1 fully saturated rings. The Labute approximate surface area is 162 Å². The van der Waals surface area contributed by atoms with Gasteiger partial charge in [-0.1, -0.05) is 38.8 Å². The Morgan fingerprint density at radius 1 is 0.963 bits per heavy atom. The van der Waals surface area contributed by atoms with E-state index in [-0.39, 0.29) is 11.2 Å². The summed E-state index contributed by atoms with van der Waals surface area (Å²) in [6, 6.07) is 8.01. The molecule has 2 aromatic rings. The van der Waals surface area contributed by atoms with E-state index in [0.29, 0.717) is 10.9 Å². The number of benzene rings is 1. The summed E-state index contributed by atoms with van der Waals surface area (Å²) in [5.41, 5.74) is 2.25. The predicted octanol–water partition coefficient (Wildman–Crippen LogP) is 3.03. The van der Waals surface area contributed by atoms with Gasteiger partial charge in [0.1, 0.15) is 13.1 Å². The van der Waals surface area contributed by atoms with Gasteiger partial charge in [-0.25, -0.2) is 4.58 Å². The third kappa shape index (κ3) is 4.26. The van der Waals surface area contributed by atoms with Gasteiger partial charge >= 0.3 is 0 Å². The standard InChI is InChI=1S/C23H32N2O2/c1-3-5-14-24(15-6-4-2)19-12-10-18(11-13-19)20-22(26)21(23(20)27)25-16-8-7-9-17-25/h10-13H,3-9,14-17H2,1-2H3. The number of hydrogen-bond donors (Lipinski definition) is 0. The van der Waals surface area contributed by atoms with Crippen molar-refractivity contribution in [1.29, 1.82) is 0 Å². The van der Waals surface area contributed by atoms with Crippen molar-refractivity contribution >= 4 is 5.69 Å². The van der Waals surface area contributed by atoms with E-state index < -0.39 is 0 Å². The van der Waals surface area contributed by atoms with Crippen LogP contribution in [0.4, 0.5) is 5.69 Å². The van der Waals surface area contributed by atoms with Crippen molar-refractivity contribution in [1.82, 2.24) is 4.58 Å². The predicted molar refractivity (Wildman–Crippen MR) is 111 cm³/mol. The normalized spacial score (nSPS) is 14.7.